The summed E-state index contributed by atoms with van der Waals surface area (Å²) in [5.41, 5.74) is 1.31. The van der Waals surface area contributed by atoms with Crippen molar-refractivity contribution < 1.29 is 9.90 Å². The van der Waals surface area contributed by atoms with Crippen LogP contribution in [0.4, 0.5) is 0 Å². The first-order valence-electron chi connectivity index (χ1n) is 7.05. The molecule has 3 rings (SSSR count). The van der Waals surface area contributed by atoms with Crippen LogP contribution in [-0.4, -0.2) is 55.6 Å². The van der Waals surface area contributed by atoms with Gasteiger partial charge in [-0.3, -0.25) is 4.98 Å². The zero-order valence-corrected chi connectivity index (χ0v) is 11.6. The second-order valence-electron chi connectivity index (χ2n) is 5.10. The fraction of sp³-hybridized carbons (Fsp3) is 0.429. The van der Waals surface area contributed by atoms with Crippen LogP contribution in [0.15, 0.2) is 24.5 Å². The summed E-state index contributed by atoms with van der Waals surface area (Å²) >= 11 is 0. The van der Waals surface area contributed by atoms with Crippen LogP contribution < -0.4 is 0 Å². The van der Waals surface area contributed by atoms with Gasteiger partial charge < -0.3 is 10.0 Å². The number of aromatic nitrogens is 4. The maximum absolute atomic E-state index is 11.3. The fourth-order valence-corrected chi connectivity index (χ4v) is 2.65. The lowest BCUT2D eigenvalue weighted by molar-refractivity contribution is 0.0691. The zero-order valence-electron chi connectivity index (χ0n) is 11.6. The molecule has 0 spiro atoms. The van der Waals surface area contributed by atoms with Gasteiger partial charge in [-0.05, 0) is 38.1 Å². The minimum Gasteiger partial charge on any atom is -0.476 e. The van der Waals surface area contributed by atoms with Crippen molar-refractivity contribution in [3.63, 3.8) is 0 Å². The third-order valence-corrected chi connectivity index (χ3v) is 3.72. The van der Waals surface area contributed by atoms with Gasteiger partial charge in [-0.25, -0.2) is 9.48 Å². The summed E-state index contributed by atoms with van der Waals surface area (Å²) in [7, 11) is 0. The maximum atomic E-state index is 11.3. The molecule has 7 nitrogen and oxygen atoms in total. The van der Waals surface area contributed by atoms with E-state index >= 15 is 0 Å². The smallest absolute Gasteiger partial charge is 0.358 e. The predicted molar refractivity (Wildman–Crippen MR) is 75.9 cm³/mol. The van der Waals surface area contributed by atoms with Crippen molar-refractivity contribution in [2.75, 3.05) is 19.6 Å². The summed E-state index contributed by atoms with van der Waals surface area (Å²) in [6, 6.07) is 3.55. The lowest BCUT2D eigenvalue weighted by atomic mass is 10.1. The van der Waals surface area contributed by atoms with E-state index < -0.39 is 5.97 Å². The highest BCUT2D eigenvalue weighted by Gasteiger charge is 2.21. The first-order chi connectivity index (χ1) is 10.3. The van der Waals surface area contributed by atoms with E-state index in [2.05, 4.69) is 20.2 Å². The first-order valence-corrected chi connectivity index (χ1v) is 7.05. The molecule has 1 aliphatic rings. The van der Waals surface area contributed by atoms with Crippen molar-refractivity contribution in [1.29, 1.82) is 0 Å². The molecular formula is C14H17N5O2. The standard InChI is InChI=1S/C14H17N5O2/c20-14(21)12-13(11-3-5-15-6-4-11)19(17-16-12)10-9-18-7-1-2-8-18/h3-6H,1-2,7-10H2,(H,20,21). The molecule has 0 saturated carbocycles. The molecule has 0 bridgehead atoms. The third-order valence-electron chi connectivity index (χ3n) is 3.72. The van der Waals surface area contributed by atoms with E-state index in [1.165, 1.54) is 12.8 Å². The molecule has 0 unspecified atom stereocenters. The Bertz CT molecular complexity index is 620. The molecule has 0 aromatic carbocycles. The van der Waals surface area contributed by atoms with Crippen LogP contribution in [0.2, 0.25) is 0 Å². The van der Waals surface area contributed by atoms with E-state index in [0.717, 1.165) is 25.2 Å². The normalized spacial score (nSPS) is 15.4. The molecule has 21 heavy (non-hydrogen) atoms. The van der Waals surface area contributed by atoms with Gasteiger partial charge in [-0.15, -0.1) is 5.10 Å². The van der Waals surface area contributed by atoms with Crippen molar-refractivity contribution in [3.05, 3.63) is 30.2 Å². The largest absolute Gasteiger partial charge is 0.476 e. The second kappa shape index (κ2) is 6.01. The van der Waals surface area contributed by atoms with Gasteiger partial charge in [0.15, 0.2) is 5.69 Å². The Balaban J connectivity index is 1.87. The van der Waals surface area contributed by atoms with Crippen LogP contribution in [0, 0.1) is 0 Å². The quantitative estimate of drug-likeness (QED) is 0.887. The summed E-state index contributed by atoms with van der Waals surface area (Å²) in [6.07, 6.45) is 5.74. The summed E-state index contributed by atoms with van der Waals surface area (Å²) in [5.74, 6) is -1.06. The first kappa shape index (κ1) is 13.7. The predicted octanol–water partition coefficient (Wildman–Crippen LogP) is 1.13. The number of rotatable bonds is 5. The highest BCUT2D eigenvalue weighted by Crippen LogP contribution is 2.21. The Labute approximate surface area is 122 Å². The number of pyridine rings is 1. The van der Waals surface area contributed by atoms with Crippen molar-refractivity contribution in [3.8, 4) is 11.3 Å². The Hall–Kier alpha value is -2.28. The van der Waals surface area contributed by atoms with Crippen LogP contribution >= 0.6 is 0 Å². The average molecular weight is 287 g/mol. The highest BCUT2D eigenvalue weighted by molar-refractivity contribution is 5.92. The SMILES string of the molecule is O=C(O)c1nnn(CCN2CCCC2)c1-c1ccncc1. The molecular weight excluding hydrogens is 270 g/mol. The molecule has 1 saturated heterocycles. The summed E-state index contributed by atoms with van der Waals surface area (Å²) in [5, 5.41) is 17.1. The summed E-state index contributed by atoms with van der Waals surface area (Å²) < 4.78 is 1.68. The van der Waals surface area contributed by atoms with Crippen LogP contribution in [-0.2, 0) is 6.54 Å². The topological polar surface area (TPSA) is 84.1 Å². The Kier molecular flexibility index (Phi) is 3.92. The summed E-state index contributed by atoms with van der Waals surface area (Å²) in [4.78, 5) is 17.6. The minimum absolute atomic E-state index is 0.0115. The molecule has 0 atom stereocenters. The zero-order chi connectivity index (χ0) is 14.7. The lowest BCUT2D eigenvalue weighted by Gasteiger charge is -2.15. The van der Waals surface area contributed by atoms with Crippen molar-refractivity contribution in [2.24, 2.45) is 0 Å². The molecule has 0 radical (unpaired) electrons. The van der Waals surface area contributed by atoms with E-state index in [1.807, 2.05) is 0 Å². The van der Waals surface area contributed by atoms with Crippen LogP contribution in [0.3, 0.4) is 0 Å². The molecule has 0 aliphatic carbocycles. The van der Waals surface area contributed by atoms with Gasteiger partial charge in [-0.2, -0.15) is 0 Å². The number of hydrogen-bond donors (Lipinski definition) is 1. The number of nitrogens with zero attached hydrogens (tertiary/aromatic N) is 5. The van der Waals surface area contributed by atoms with Gasteiger partial charge in [0, 0.05) is 24.5 Å². The third kappa shape index (κ3) is 2.92. The number of aromatic carboxylic acids is 1. The van der Waals surface area contributed by atoms with Crippen LogP contribution in [0.5, 0.6) is 0 Å². The van der Waals surface area contributed by atoms with Gasteiger partial charge in [0.1, 0.15) is 5.69 Å². The van der Waals surface area contributed by atoms with Crippen molar-refractivity contribution >= 4 is 5.97 Å². The summed E-state index contributed by atoms with van der Waals surface area (Å²) in [6.45, 7) is 3.70. The average Bonchev–Trinajstić information content (AvgIpc) is 3.15. The monoisotopic (exact) mass is 287 g/mol. The molecule has 0 amide bonds. The van der Waals surface area contributed by atoms with Gasteiger partial charge >= 0.3 is 5.97 Å². The Morgan fingerprint density at radius 1 is 1.19 bits per heavy atom. The van der Waals surface area contributed by atoms with E-state index in [0.29, 0.717) is 12.2 Å². The van der Waals surface area contributed by atoms with Crippen LogP contribution in [0.25, 0.3) is 11.3 Å². The Morgan fingerprint density at radius 3 is 2.57 bits per heavy atom. The van der Waals surface area contributed by atoms with Gasteiger partial charge in [-0.1, -0.05) is 5.21 Å². The molecule has 2 aromatic heterocycles. The molecule has 1 N–H and O–H groups in total. The fourth-order valence-electron chi connectivity index (χ4n) is 2.65. The molecule has 7 heteroatoms. The molecule has 1 aliphatic heterocycles. The number of carboxylic acid groups (broad SMARTS) is 1. The number of hydrogen-bond acceptors (Lipinski definition) is 5. The van der Waals surface area contributed by atoms with E-state index in [4.69, 9.17) is 0 Å². The second-order valence-corrected chi connectivity index (χ2v) is 5.10. The number of likely N-dealkylation sites (tertiary alicyclic amines) is 1. The molecule has 3 heterocycles. The number of carboxylic acids is 1. The van der Waals surface area contributed by atoms with Gasteiger partial charge in [0.25, 0.3) is 0 Å². The number of carbonyl (C=O) groups is 1. The van der Waals surface area contributed by atoms with E-state index in [-0.39, 0.29) is 5.69 Å². The van der Waals surface area contributed by atoms with Gasteiger partial charge in [0.2, 0.25) is 0 Å². The van der Waals surface area contributed by atoms with Crippen LogP contribution in [0.1, 0.15) is 23.3 Å². The maximum Gasteiger partial charge on any atom is 0.358 e. The highest BCUT2D eigenvalue weighted by atomic mass is 16.4. The molecule has 110 valence electrons. The lowest BCUT2D eigenvalue weighted by Crippen LogP contribution is -2.24. The minimum atomic E-state index is -1.06. The molecule has 1 fully saturated rings. The van der Waals surface area contributed by atoms with Crippen molar-refractivity contribution in [2.45, 2.75) is 19.4 Å². The van der Waals surface area contributed by atoms with Crippen molar-refractivity contribution in [1.82, 2.24) is 24.9 Å². The molecule has 2 aromatic rings. The Morgan fingerprint density at radius 2 is 1.90 bits per heavy atom. The van der Waals surface area contributed by atoms with Gasteiger partial charge in [0.05, 0.1) is 6.54 Å². The van der Waals surface area contributed by atoms with E-state index in [1.54, 1.807) is 29.2 Å². The van der Waals surface area contributed by atoms with E-state index in [9.17, 15) is 9.90 Å².